The number of oxime groups is 1. The van der Waals surface area contributed by atoms with Gasteiger partial charge in [-0.3, -0.25) is 0 Å². The molecule has 0 unspecified atom stereocenters. The molecule has 5 nitrogen and oxygen atoms in total. The maximum atomic E-state index is 9.76. The zero-order chi connectivity index (χ0) is 20.6. The summed E-state index contributed by atoms with van der Waals surface area (Å²) in [5.41, 5.74) is 14.0. The Labute approximate surface area is 169 Å². The average molecular weight is 396 g/mol. The molecule has 3 rings (SSSR count). The van der Waals surface area contributed by atoms with E-state index in [9.17, 15) is 10.3 Å². The predicted octanol–water partition coefficient (Wildman–Crippen LogP) is 5.26. The minimum atomic E-state index is 0.0657. The summed E-state index contributed by atoms with van der Waals surface area (Å²) in [5.74, 6) is 0.278. The number of amidine groups is 1. The molecular weight excluding hydrogens is 370 g/mol. The first-order valence-electron chi connectivity index (χ1n) is 8.96. The van der Waals surface area contributed by atoms with Crippen molar-refractivity contribution >= 4 is 23.2 Å². The maximum Gasteiger partial charge on any atom is 0.187 e. The Morgan fingerprint density at radius 3 is 2.25 bits per heavy atom. The van der Waals surface area contributed by atoms with Crippen LogP contribution in [0.25, 0.3) is 28.3 Å². The van der Waals surface area contributed by atoms with Crippen LogP contribution in [0.5, 0.6) is 5.75 Å². The Morgan fingerprint density at radius 2 is 1.75 bits per heavy atom. The third kappa shape index (κ3) is 3.31. The van der Waals surface area contributed by atoms with Crippen LogP contribution in [0.15, 0.2) is 40.4 Å². The highest BCUT2D eigenvalue weighted by Crippen LogP contribution is 2.44. The van der Waals surface area contributed by atoms with Gasteiger partial charge in [-0.15, -0.1) is 11.3 Å². The molecule has 28 heavy (non-hydrogen) atoms. The molecule has 0 aliphatic carbocycles. The van der Waals surface area contributed by atoms with E-state index in [4.69, 9.17) is 5.73 Å². The topological polar surface area (TPSA) is 83.8 Å². The minimum absolute atomic E-state index is 0.0657. The second-order valence-electron chi connectivity index (χ2n) is 7.15. The molecule has 1 aromatic carbocycles. The minimum Gasteiger partial charge on any atom is -0.508 e. The van der Waals surface area contributed by atoms with E-state index in [-0.39, 0.29) is 11.6 Å². The summed E-state index contributed by atoms with van der Waals surface area (Å²) in [5, 5.41) is 24.7. The molecule has 0 saturated heterocycles. The van der Waals surface area contributed by atoms with Gasteiger partial charge in [0.1, 0.15) is 5.75 Å². The molecule has 0 spiro atoms. The van der Waals surface area contributed by atoms with Crippen molar-refractivity contribution < 1.29 is 10.3 Å². The predicted molar refractivity (Wildman–Crippen MR) is 117 cm³/mol. The van der Waals surface area contributed by atoms with Crippen LogP contribution in [0.4, 0.5) is 0 Å². The van der Waals surface area contributed by atoms with Crippen LogP contribution in [-0.2, 0) is 7.05 Å². The lowest BCUT2D eigenvalue weighted by atomic mass is 9.92. The van der Waals surface area contributed by atoms with Gasteiger partial charge in [-0.25, -0.2) is 0 Å². The third-order valence-electron chi connectivity index (χ3n) is 4.78. The molecular formula is C22H25N3O2S. The van der Waals surface area contributed by atoms with Gasteiger partial charge in [0.25, 0.3) is 0 Å². The Morgan fingerprint density at radius 1 is 1.11 bits per heavy atom. The lowest BCUT2D eigenvalue weighted by Crippen LogP contribution is -2.18. The van der Waals surface area contributed by atoms with Crippen LogP contribution >= 0.6 is 11.3 Å². The van der Waals surface area contributed by atoms with Gasteiger partial charge in [-0.05, 0) is 62.4 Å². The summed E-state index contributed by atoms with van der Waals surface area (Å²) in [7, 11) is 1.92. The molecule has 0 amide bonds. The fraction of sp³-hybridized carbons (Fsp3) is 0.227. The van der Waals surface area contributed by atoms with Gasteiger partial charge < -0.3 is 20.6 Å². The summed E-state index contributed by atoms with van der Waals surface area (Å²) in [4.78, 5) is 1.17. The highest BCUT2D eigenvalue weighted by atomic mass is 32.1. The van der Waals surface area contributed by atoms with Crippen molar-refractivity contribution in [3.05, 3.63) is 57.0 Å². The number of aromatic nitrogens is 1. The summed E-state index contributed by atoms with van der Waals surface area (Å²) < 4.78 is 1.97. The highest BCUT2D eigenvalue weighted by Gasteiger charge is 2.27. The number of allylic oxidation sites excluding steroid dienone is 1. The van der Waals surface area contributed by atoms with Crippen molar-refractivity contribution in [3.8, 4) is 28.0 Å². The standard InChI is InChI=1S/C22H25N3O2S/c1-12(2)10-17-19(15-6-8-16(26)9-7-15)20(18-13(3)11-28-14(18)4)21(25(17)5)22(23)24-27/h6-11,26-27H,1-5H3,(H2,23,24). The quantitative estimate of drug-likeness (QED) is 0.244. The number of hydrogen-bond donors (Lipinski definition) is 3. The van der Waals surface area contributed by atoms with Gasteiger partial charge in [0.2, 0.25) is 0 Å². The fourth-order valence-corrected chi connectivity index (χ4v) is 4.45. The summed E-state index contributed by atoms with van der Waals surface area (Å²) in [6.45, 7) is 8.23. The first-order valence-corrected chi connectivity index (χ1v) is 9.84. The number of aromatic hydroxyl groups is 1. The molecule has 3 aromatic rings. The van der Waals surface area contributed by atoms with Crippen LogP contribution in [0.1, 0.15) is 35.7 Å². The number of nitrogens with two attached hydrogens (primary N) is 1. The summed E-state index contributed by atoms with van der Waals surface area (Å²) in [6, 6.07) is 7.14. The zero-order valence-corrected chi connectivity index (χ0v) is 17.6. The zero-order valence-electron chi connectivity index (χ0n) is 16.7. The van der Waals surface area contributed by atoms with E-state index >= 15 is 0 Å². The molecule has 0 bridgehead atoms. The highest BCUT2D eigenvalue weighted by molar-refractivity contribution is 7.10. The summed E-state index contributed by atoms with van der Waals surface area (Å²) in [6.07, 6.45) is 2.09. The van der Waals surface area contributed by atoms with Gasteiger partial charge in [-0.2, -0.15) is 0 Å². The number of thiophene rings is 1. The van der Waals surface area contributed by atoms with Crippen LogP contribution in [0.2, 0.25) is 0 Å². The van der Waals surface area contributed by atoms with E-state index in [0.29, 0.717) is 5.69 Å². The molecule has 2 aromatic heterocycles. The first-order chi connectivity index (χ1) is 13.3. The third-order valence-corrected chi connectivity index (χ3v) is 5.81. The second-order valence-corrected chi connectivity index (χ2v) is 8.23. The van der Waals surface area contributed by atoms with E-state index in [1.807, 2.05) is 37.6 Å². The average Bonchev–Trinajstić information content (AvgIpc) is 3.11. The van der Waals surface area contributed by atoms with E-state index in [2.05, 4.69) is 30.5 Å². The smallest absolute Gasteiger partial charge is 0.187 e. The summed E-state index contributed by atoms with van der Waals surface area (Å²) >= 11 is 1.68. The lowest BCUT2D eigenvalue weighted by Gasteiger charge is -2.10. The van der Waals surface area contributed by atoms with Crippen LogP contribution in [0.3, 0.4) is 0 Å². The number of benzene rings is 1. The van der Waals surface area contributed by atoms with Crippen molar-refractivity contribution in [3.63, 3.8) is 0 Å². The number of rotatable bonds is 4. The second kappa shape index (κ2) is 7.56. The van der Waals surface area contributed by atoms with Gasteiger partial charge in [0.15, 0.2) is 5.84 Å². The molecule has 4 N–H and O–H groups in total. The number of hydrogen-bond acceptors (Lipinski definition) is 4. The van der Waals surface area contributed by atoms with E-state index in [0.717, 1.165) is 39.1 Å². The Hall–Kier alpha value is -2.99. The van der Waals surface area contributed by atoms with Gasteiger partial charge in [-0.1, -0.05) is 22.9 Å². The molecule has 2 heterocycles. The van der Waals surface area contributed by atoms with Crippen molar-refractivity contribution in [2.24, 2.45) is 17.9 Å². The molecule has 0 aliphatic rings. The number of phenols is 1. The van der Waals surface area contributed by atoms with Crippen LogP contribution < -0.4 is 5.73 Å². The Balaban J connectivity index is 2.54. The SMILES string of the molecule is CC(C)=Cc1c(-c2ccc(O)cc2)c(-c2c(C)csc2C)c(C(N)=NO)n1C. The number of aryl methyl sites for hydroxylation is 2. The molecule has 0 atom stereocenters. The fourth-order valence-electron chi connectivity index (χ4n) is 3.60. The number of nitrogens with zero attached hydrogens (tertiary/aromatic N) is 2. The van der Waals surface area contributed by atoms with Gasteiger partial charge >= 0.3 is 0 Å². The van der Waals surface area contributed by atoms with Crippen molar-refractivity contribution in [1.29, 1.82) is 0 Å². The maximum absolute atomic E-state index is 9.76. The van der Waals surface area contributed by atoms with Crippen molar-refractivity contribution in [2.45, 2.75) is 27.7 Å². The van der Waals surface area contributed by atoms with Gasteiger partial charge in [0, 0.05) is 34.3 Å². The molecule has 0 fully saturated rings. The normalized spacial score (nSPS) is 11.7. The first kappa shape index (κ1) is 19.8. The van der Waals surface area contributed by atoms with Gasteiger partial charge in [0.05, 0.1) is 5.69 Å². The van der Waals surface area contributed by atoms with E-state index in [1.165, 1.54) is 4.88 Å². The molecule has 0 saturated carbocycles. The van der Waals surface area contributed by atoms with Crippen molar-refractivity contribution in [2.75, 3.05) is 0 Å². The molecule has 6 heteroatoms. The van der Waals surface area contributed by atoms with Crippen LogP contribution in [0, 0.1) is 13.8 Å². The largest absolute Gasteiger partial charge is 0.508 e. The molecule has 0 aliphatic heterocycles. The van der Waals surface area contributed by atoms with E-state index < -0.39 is 0 Å². The monoisotopic (exact) mass is 395 g/mol. The van der Waals surface area contributed by atoms with Crippen LogP contribution in [-0.4, -0.2) is 20.7 Å². The molecule has 0 radical (unpaired) electrons. The molecule has 146 valence electrons. The lowest BCUT2D eigenvalue weighted by molar-refractivity contribution is 0.318. The number of phenolic OH excluding ortho intramolecular Hbond substituents is 1. The van der Waals surface area contributed by atoms with Crippen molar-refractivity contribution in [1.82, 2.24) is 4.57 Å². The Kier molecular flexibility index (Phi) is 5.34. The Bertz CT molecular complexity index is 1060. The van der Waals surface area contributed by atoms with E-state index in [1.54, 1.807) is 23.5 Å².